The highest BCUT2D eigenvalue weighted by molar-refractivity contribution is 7.51. The molecule has 2 aromatic rings. The standard InChI is InChI=1S/C12H21N6O4P/c1-8(2)5-14-10-9-11(17-12(13)16-10)18(6-15-9)3-4-22-7-23(19,20)21/h6,8H,3-5,7H2,1-2H3,(H2,19,20,21)(H3,13,14,16,17). The third kappa shape index (κ3) is 5.14. The smallest absolute Gasteiger partial charge is 0.350 e. The van der Waals surface area contributed by atoms with Gasteiger partial charge in [0, 0.05) is 13.1 Å². The zero-order valence-corrected chi connectivity index (χ0v) is 13.9. The van der Waals surface area contributed by atoms with Crippen LogP contribution in [0.4, 0.5) is 11.8 Å². The SMILES string of the molecule is CC(C)CNc1nc(N)nc2c1ncn2CCOCP(=O)(O)O. The number of imidazole rings is 1. The van der Waals surface area contributed by atoms with E-state index in [1.807, 2.05) is 0 Å². The maximum absolute atomic E-state index is 10.7. The van der Waals surface area contributed by atoms with Gasteiger partial charge < -0.3 is 30.1 Å². The van der Waals surface area contributed by atoms with Crippen LogP contribution < -0.4 is 11.1 Å². The lowest BCUT2D eigenvalue weighted by Crippen LogP contribution is -2.12. The predicted molar refractivity (Wildman–Crippen MR) is 85.9 cm³/mol. The highest BCUT2D eigenvalue weighted by Gasteiger charge is 2.14. The Kier molecular flexibility index (Phi) is 5.53. The number of ether oxygens (including phenoxy) is 1. The minimum atomic E-state index is -4.16. The third-order valence-corrected chi connectivity index (χ3v) is 3.41. The molecule has 0 aliphatic carbocycles. The molecule has 0 saturated heterocycles. The molecule has 11 heteroatoms. The molecule has 0 aromatic carbocycles. The van der Waals surface area contributed by atoms with E-state index >= 15 is 0 Å². The fourth-order valence-electron chi connectivity index (χ4n) is 1.90. The van der Waals surface area contributed by atoms with Gasteiger partial charge in [0.15, 0.2) is 17.0 Å². The van der Waals surface area contributed by atoms with E-state index in [4.69, 9.17) is 20.3 Å². The van der Waals surface area contributed by atoms with Crippen molar-refractivity contribution in [1.82, 2.24) is 19.5 Å². The van der Waals surface area contributed by atoms with Gasteiger partial charge in [-0.1, -0.05) is 13.8 Å². The molecule has 0 aliphatic heterocycles. The van der Waals surface area contributed by atoms with Crippen molar-refractivity contribution in [3.63, 3.8) is 0 Å². The Balaban J connectivity index is 2.11. The first-order valence-corrected chi connectivity index (χ1v) is 8.90. The van der Waals surface area contributed by atoms with Crippen molar-refractivity contribution in [2.24, 2.45) is 5.92 Å². The van der Waals surface area contributed by atoms with Crippen LogP contribution in [0.15, 0.2) is 6.33 Å². The molecule has 0 fully saturated rings. The zero-order valence-electron chi connectivity index (χ0n) is 13.0. The van der Waals surface area contributed by atoms with E-state index in [2.05, 4.69) is 34.1 Å². The second kappa shape index (κ2) is 7.22. The van der Waals surface area contributed by atoms with Gasteiger partial charge in [0.25, 0.3) is 0 Å². The fourth-order valence-corrected chi connectivity index (χ4v) is 2.26. The molecule has 0 aliphatic rings. The number of aromatic nitrogens is 4. The summed E-state index contributed by atoms with van der Waals surface area (Å²) in [5.74, 6) is 1.13. The number of rotatable bonds is 8. The quantitative estimate of drug-likeness (QED) is 0.399. The fraction of sp³-hybridized carbons (Fsp3) is 0.583. The summed E-state index contributed by atoms with van der Waals surface area (Å²) >= 11 is 0. The minimum Gasteiger partial charge on any atom is -0.368 e. The molecule has 0 spiro atoms. The number of nitrogens with two attached hydrogens (primary N) is 1. The molecule has 0 saturated carbocycles. The molecule has 5 N–H and O–H groups in total. The summed E-state index contributed by atoms with van der Waals surface area (Å²) in [7, 11) is -4.16. The maximum Gasteiger partial charge on any atom is 0.350 e. The van der Waals surface area contributed by atoms with E-state index in [0.717, 1.165) is 6.54 Å². The van der Waals surface area contributed by atoms with E-state index in [9.17, 15) is 4.57 Å². The molecule has 0 amide bonds. The van der Waals surface area contributed by atoms with Gasteiger partial charge in [-0.05, 0) is 5.92 Å². The first-order chi connectivity index (χ1) is 10.8. The van der Waals surface area contributed by atoms with Crippen molar-refractivity contribution < 1.29 is 19.1 Å². The van der Waals surface area contributed by atoms with Gasteiger partial charge in [-0.2, -0.15) is 9.97 Å². The number of hydrogen-bond acceptors (Lipinski definition) is 7. The van der Waals surface area contributed by atoms with Gasteiger partial charge in [0.1, 0.15) is 6.35 Å². The lowest BCUT2D eigenvalue weighted by molar-refractivity contribution is 0.149. The Labute approximate surface area is 133 Å². The molecular weight excluding hydrogens is 323 g/mol. The Morgan fingerprint density at radius 3 is 2.83 bits per heavy atom. The Morgan fingerprint density at radius 1 is 1.43 bits per heavy atom. The third-order valence-electron chi connectivity index (χ3n) is 2.89. The van der Waals surface area contributed by atoms with Crippen molar-refractivity contribution >= 4 is 30.5 Å². The minimum absolute atomic E-state index is 0.120. The van der Waals surface area contributed by atoms with Crippen LogP contribution >= 0.6 is 7.60 Å². The molecule has 0 atom stereocenters. The average Bonchev–Trinajstić information content (AvgIpc) is 2.83. The number of anilines is 2. The van der Waals surface area contributed by atoms with Gasteiger partial charge in [-0.3, -0.25) is 4.57 Å². The van der Waals surface area contributed by atoms with Crippen LogP contribution in [0, 0.1) is 5.92 Å². The molecule has 0 unspecified atom stereocenters. The van der Waals surface area contributed by atoms with Crippen LogP contribution in [0.1, 0.15) is 13.8 Å². The average molecular weight is 344 g/mol. The van der Waals surface area contributed by atoms with Gasteiger partial charge in [-0.15, -0.1) is 0 Å². The second-order valence-corrected chi connectivity index (χ2v) is 7.10. The van der Waals surface area contributed by atoms with Crippen LogP contribution in [-0.4, -0.2) is 48.8 Å². The van der Waals surface area contributed by atoms with Crippen molar-refractivity contribution in [2.45, 2.75) is 20.4 Å². The first-order valence-electron chi connectivity index (χ1n) is 7.11. The van der Waals surface area contributed by atoms with Crippen molar-refractivity contribution in [1.29, 1.82) is 0 Å². The summed E-state index contributed by atoms with van der Waals surface area (Å²) in [5.41, 5.74) is 6.87. The monoisotopic (exact) mass is 344 g/mol. The number of nitrogens with one attached hydrogen (secondary N) is 1. The van der Waals surface area contributed by atoms with Crippen LogP contribution in [0.2, 0.25) is 0 Å². The number of hydrogen-bond donors (Lipinski definition) is 4. The van der Waals surface area contributed by atoms with Gasteiger partial charge >= 0.3 is 7.60 Å². The van der Waals surface area contributed by atoms with E-state index < -0.39 is 13.9 Å². The Morgan fingerprint density at radius 2 is 2.17 bits per heavy atom. The van der Waals surface area contributed by atoms with Crippen LogP contribution in [-0.2, 0) is 15.8 Å². The largest absolute Gasteiger partial charge is 0.368 e. The summed E-state index contributed by atoms with van der Waals surface area (Å²) in [6, 6.07) is 0. The van der Waals surface area contributed by atoms with Crippen LogP contribution in [0.25, 0.3) is 11.2 Å². The molecule has 10 nitrogen and oxygen atoms in total. The van der Waals surface area contributed by atoms with Gasteiger partial charge in [0.05, 0.1) is 12.9 Å². The van der Waals surface area contributed by atoms with Crippen LogP contribution in [0.5, 0.6) is 0 Å². The molecule has 23 heavy (non-hydrogen) atoms. The van der Waals surface area contributed by atoms with E-state index in [0.29, 0.717) is 29.4 Å². The summed E-state index contributed by atoms with van der Waals surface area (Å²) in [6.45, 7) is 5.34. The van der Waals surface area contributed by atoms with E-state index in [-0.39, 0.29) is 12.6 Å². The summed E-state index contributed by atoms with van der Waals surface area (Å²) < 4.78 is 17.4. The first kappa shape index (κ1) is 17.6. The molecule has 0 radical (unpaired) electrons. The number of fused-ring (bicyclic) bond motifs is 1. The summed E-state index contributed by atoms with van der Waals surface area (Å²) in [6.07, 6.45) is 0.956. The van der Waals surface area contributed by atoms with Crippen molar-refractivity contribution in [3.8, 4) is 0 Å². The van der Waals surface area contributed by atoms with E-state index in [1.54, 1.807) is 10.9 Å². The molecule has 128 valence electrons. The van der Waals surface area contributed by atoms with Gasteiger partial charge in [0.2, 0.25) is 5.95 Å². The predicted octanol–water partition coefficient (Wildman–Crippen LogP) is 0.628. The lowest BCUT2D eigenvalue weighted by atomic mass is 10.2. The molecule has 0 bridgehead atoms. The molecule has 2 aromatic heterocycles. The number of nitrogen functional groups attached to an aromatic ring is 1. The highest BCUT2D eigenvalue weighted by atomic mass is 31.2. The van der Waals surface area contributed by atoms with Crippen LogP contribution in [0.3, 0.4) is 0 Å². The molecule has 2 heterocycles. The summed E-state index contributed by atoms with van der Waals surface area (Å²) in [4.78, 5) is 30.1. The van der Waals surface area contributed by atoms with Crippen molar-refractivity contribution in [2.75, 3.05) is 30.6 Å². The number of nitrogens with zero attached hydrogens (tertiary/aromatic N) is 4. The molecule has 2 rings (SSSR count). The Bertz CT molecular complexity index is 713. The maximum atomic E-state index is 10.7. The highest BCUT2D eigenvalue weighted by Crippen LogP contribution is 2.33. The van der Waals surface area contributed by atoms with E-state index in [1.165, 1.54) is 0 Å². The zero-order chi connectivity index (χ0) is 17.0. The molecular formula is C12H21N6O4P. The second-order valence-electron chi connectivity index (χ2n) is 5.52. The summed E-state index contributed by atoms with van der Waals surface area (Å²) in [5, 5.41) is 3.19. The van der Waals surface area contributed by atoms with Gasteiger partial charge in [-0.25, -0.2) is 4.98 Å². The Hall–Kier alpha value is -1.74. The normalized spacial score (nSPS) is 12.2. The topological polar surface area (TPSA) is 148 Å². The van der Waals surface area contributed by atoms with Crippen molar-refractivity contribution in [3.05, 3.63) is 6.33 Å². The lowest BCUT2D eigenvalue weighted by Gasteiger charge is -2.10.